The minimum atomic E-state index is 0.0303. The van der Waals surface area contributed by atoms with Crippen LogP contribution in [-0.4, -0.2) is 6.17 Å². The number of hydrogen-bond donors (Lipinski definition) is 0. The highest BCUT2D eigenvalue weighted by molar-refractivity contribution is 4.61. The zero-order valence-electron chi connectivity index (χ0n) is 13.3. The molecule has 1 rings (SSSR count). The van der Waals surface area contributed by atoms with Gasteiger partial charge in [0.1, 0.15) is 0 Å². The zero-order valence-corrected chi connectivity index (χ0v) is 13.3. The van der Waals surface area contributed by atoms with Gasteiger partial charge in [-0.3, -0.25) is 0 Å². The van der Waals surface area contributed by atoms with E-state index in [9.17, 15) is 0 Å². The second-order valence-corrected chi connectivity index (χ2v) is 5.92. The molecule has 116 valence electrons. The molecule has 0 N–H and O–H groups in total. The Morgan fingerprint density at radius 1 is 0.550 bits per heavy atom. The number of rotatable bonds is 14. The molecule has 0 spiro atoms. The summed E-state index contributed by atoms with van der Waals surface area (Å²) in [5.74, 6) is 0. The quantitative estimate of drug-likeness (QED) is 0.321. The molecule has 1 heterocycles. The standard InChI is InChI=1S/C16H32N4/c1-2-3-4-5-6-7-8-9-10-11-12-13-14-15-16-17-19-20-18-16/h16H,2-15H2,1H3. The molecule has 0 saturated carbocycles. The van der Waals surface area contributed by atoms with Crippen molar-refractivity contribution in [2.45, 2.75) is 103 Å². The highest BCUT2D eigenvalue weighted by Gasteiger charge is 2.07. The third-order valence-corrected chi connectivity index (χ3v) is 3.98. The van der Waals surface area contributed by atoms with Crippen LogP contribution in [-0.2, 0) is 0 Å². The summed E-state index contributed by atoms with van der Waals surface area (Å²) in [7, 11) is 0. The van der Waals surface area contributed by atoms with Crippen molar-refractivity contribution < 1.29 is 0 Å². The summed E-state index contributed by atoms with van der Waals surface area (Å²) in [6, 6.07) is 0. The highest BCUT2D eigenvalue weighted by Crippen LogP contribution is 2.16. The predicted octanol–water partition coefficient (Wildman–Crippen LogP) is 6.63. The van der Waals surface area contributed by atoms with Crippen LogP contribution in [0.5, 0.6) is 0 Å². The third-order valence-electron chi connectivity index (χ3n) is 3.98. The van der Waals surface area contributed by atoms with E-state index in [-0.39, 0.29) is 6.17 Å². The molecule has 1 aliphatic heterocycles. The van der Waals surface area contributed by atoms with E-state index in [1.165, 1.54) is 83.5 Å². The Bertz CT molecular complexity index is 251. The summed E-state index contributed by atoms with van der Waals surface area (Å²) in [5, 5.41) is 14.9. The molecule has 0 aliphatic carbocycles. The van der Waals surface area contributed by atoms with Crippen molar-refractivity contribution in [1.29, 1.82) is 0 Å². The molecule has 20 heavy (non-hydrogen) atoms. The van der Waals surface area contributed by atoms with Crippen LogP contribution in [0.25, 0.3) is 0 Å². The van der Waals surface area contributed by atoms with Crippen LogP contribution in [0, 0.1) is 0 Å². The molecular weight excluding hydrogens is 248 g/mol. The molecule has 4 heteroatoms. The molecule has 0 unspecified atom stereocenters. The van der Waals surface area contributed by atoms with Crippen LogP contribution in [0.2, 0.25) is 0 Å². The Kier molecular flexibility index (Phi) is 11.4. The number of unbranched alkanes of at least 4 members (excludes halogenated alkanes) is 12. The summed E-state index contributed by atoms with van der Waals surface area (Å²) < 4.78 is 0. The van der Waals surface area contributed by atoms with E-state index >= 15 is 0 Å². The molecule has 0 aromatic carbocycles. The molecule has 0 saturated heterocycles. The van der Waals surface area contributed by atoms with Crippen LogP contribution in [0.1, 0.15) is 96.8 Å². The zero-order chi connectivity index (χ0) is 14.3. The van der Waals surface area contributed by atoms with Gasteiger partial charge in [-0.25, -0.2) is 0 Å². The molecule has 0 aromatic rings. The molecule has 0 aromatic heterocycles. The average molecular weight is 280 g/mol. The first-order valence-electron chi connectivity index (χ1n) is 8.73. The summed E-state index contributed by atoms with van der Waals surface area (Å²) in [6.07, 6.45) is 19.2. The highest BCUT2D eigenvalue weighted by atomic mass is 15.6. The van der Waals surface area contributed by atoms with Gasteiger partial charge in [-0.15, -0.1) is 10.2 Å². The third kappa shape index (κ3) is 10.0. The predicted molar refractivity (Wildman–Crippen MR) is 83.8 cm³/mol. The lowest BCUT2D eigenvalue weighted by atomic mass is 10.0. The fraction of sp³-hybridized carbons (Fsp3) is 1.00. The van der Waals surface area contributed by atoms with Gasteiger partial charge in [0.25, 0.3) is 0 Å². The Morgan fingerprint density at radius 2 is 0.950 bits per heavy atom. The van der Waals surface area contributed by atoms with E-state index in [2.05, 4.69) is 27.6 Å². The first kappa shape index (κ1) is 17.3. The fourth-order valence-corrected chi connectivity index (χ4v) is 2.65. The first-order valence-corrected chi connectivity index (χ1v) is 8.73. The minimum absolute atomic E-state index is 0.0303. The van der Waals surface area contributed by atoms with Crippen molar-refractivity contribution in [3.63, 3.8) is 0 Å². The minimum Gasteiger partial charge on any atom is -0.138 e. The maximum atomic E-state index is 3.92. The van der Waals surface area contributed by atoms with Crippen molar-refractivity contribution in [2.24, 2.45) is 20.7 Å². The van der Waals surface area contributed by atoms with E-state index in [0.717, 1.165) is 6.42 Å². The Hall–Kier alpha value is -0.800. The number of hydrogen-bond acceptors (Lipinski definition) is 4. The van der Waals surface area contributed by atoms with Crippen molar-refractivity contribution in [1.82, 2.24) is 0 Å². The summed E-state index contributed by atoms with van der Waals surface area (Å²) >= 11 is 0. The van der Waals surface area contributed by atoms with Gasteiger partial charge in [0, 0.05) is 0 Å². The van der Waals surface area contributed by atoms with Crippen LogP contribution in [0.3, 0.4) is 0 Å². The van der Waals surface area contributed by atoms with Gasteiger partial charge >= 0.3 is 0 Å². The van der Waals surface area contributed by atoms with E-state index in [1.54, 1.807) is 0 Å². The Labute approximate surface area is 124 Å². The van der Waals surface area contributed by atoms with Crippen molar-refractivity contribution in [3.05, 3.63) is 0 Å². The molecule has 0 radical (unpaired) electrons. The first-order chi connectivity index (χ1) is 9.93. The van der Waals surface area contributed by atoms with E-state index < -0.39 is 0 Å². The molecule has 0 amide bonds. The monoisotopic (exact) mass is 280 g/mol. The second-order valence-electron chi connectivity index (χ2n) is 5.92. The topological polar surface area (TPSA) is 49.4 Å². The molecule has 1 aliphatic rings. The Morgan fingerprint density at radius 3 is 1.40 bits per heavy atom. The maximum absolute atomic E-state index is 3.92. The van der Waals surface area contributed by atoms with E-state index in [4.69, 9.17) is 0 Å². The lowest BCUT2D eigenvalue weighted by Crippen LogP contribution is -1.95. The van der Waals surface area contributed by atoms with Crippen molar-refractivity contribution >= 4 is 0 Å². The molecule has 0 fully saturated rings. The Balaban J connectivity index is 1.68. The second kappa shape index (κ2) is 13.2. The summed E-state index contributed by atoms with van der Waals surface area (Å²) in [6.45, 7) is 2.28. The van der Waals surface area contributed by atoms with Crippen LogP contribution >= 0.6 is 0 Å². The van der Waals surface area contributed by atoms with E-state index in [1.807, 2.05) is 0 Å². The molecule has 0 atom stereocenters. The van der Waals surface area contributed by atoms with Gasteiger partial charge < -0.3 is 0 Å². The van der Waals surface area contributed by atoms with Gasteiger partial charge in [-0.2, -0.15) is 0 Å². The van der Waals surface area contributed by atoms with E-state index in [0.29, 0.717) is 0 Å². The van der Waals surface area contributed by atoms with Crippen molar-refractivity contribution in [3.8, 4) is 0 Å². The van der Waals surface area contributed by atoms with Crippen LogP contribution in [0.4, 0.5) is 0 Å². The SMILES string of the molecule is CCCCCCCCCCCCCCCC1N=NN=N1. The van der Waals surface area contributed by atoms with Gasteiger partial charge in [0.15, 0.2) is 6.17 Å². The lowest BCUT2D eigenvalue weighted by Gasteiger charge is -2.03. The lowest BCUT2D eigenvalue weighted by molar-refractivity contribution is 0.521. The fourth-order valence-electron chi connectivity index (χ4n) is 2.65. The average Bonchev–Trinajstić information content (AvgIpc) is 2.97. The van der Waals surface area contributed by atoms with Gasteiger partial charge in [-0.1, -0.05) is 84.0 Å². The molecular formula is C16H32N4. The normalized spacial score (nSPS) is 14.4. The van der Waals surface area contributed by atoms with Crippen LogP contribution in [0.15, 0.2) is 20.7 Å². The summed E-state index contributed by atoms with van der Waals surface area (Å²) in [5.41, 5.74) is 0. The van der Waals surface area contributed by atoms with Gasteiger partial charge in [-0.05, 0) is 23.3 Å². The smallest absolute Gasteiger partial charge is 0.138 e. The van der Waals surface area contributed by atoms with Crippen molar-refractivity contribution in [2.75, 3.05) is 0 Å². The molecule has 4 nitrogen and oxygen atoms in total. The van der Waals surface area contributed by atoms with Gasteiger partial charge in [0.05, 0.1) is 0 Å². The molecule has 0 bridgehead atoms. The largest absolute Gasteiger partial charge is 0.185 e. The number of nitrogens with zero attached hydrogens (tertiary/aromatic N) is 4. The maximum Gasteiger partial charge on any atom is 0.185 e. The summed E-state index contributed by atoms with van der Waals surface area (Å²) in [4.78, 5) is 0. The van der Waals surface area contributed by atoms with Crippen LogP contribution < -0.4 is 0 Å². The van der Waals surface area contributed by atoms with Gasteiger partial charge in [0.2, 0.25) is 0 Å².